The number of amides is 1. The molecule has 0 aliphatic heterocycles. The largest absolute Gasteiger partial charge is 0.467 e. The van der Waals surface area contributed by atoms with Crippen LogP contribution in [0.3, 0.4) is 0 Å². The summed E-state index contributed by atoms with van der Waals surface area (Å²) in [6, 6.07) is 15.9. The number of para-hydroxylation sites is 1. The topological polar surface area (TPSA) is 93.2 Å². The molecule has 0 spiro atoms. The van der Waals surface area contributed by atoms with Gasteiger partial charge in [-0.1, -0.05) is 44.2 Å². The van der Waals surface area contributed by atoms with Gasteiger partial charge in [0.25, 0.3) is 5.91 Å². The van der Waals surface area contributed by atoms with E-state index >= 15 is 0 Å². The van der Waals surface area contributed by atoms with E-state index in [-0.39, 0.29) is 24.3 Å². The van der Waals surface area contributed by atoms with Gasteiger partial charge in [-0.25, -0.2) is 14.8 Å². The molecule has 2 aromatic carbocycles. The number of nitrogens with zero attached hydrogens (tertiary/aromatic N) is 2. The predicted octanol–water partition coefficient (Wildman–Crippen LogP) is 3.17. The maximum atomic E-state index is 12.3. The van der Waals surface area contributed by atoms with Crippen molar-refractivity contribution in [2.75, 3.05) is 12.4 Å². The summed E-state index contributed by atoms with van der Waals surface area (Å²) in [5.74, 6) is 0.414. The Morgan fingerprint density at radius 2 is 1.69 bits per heavy atom. The van der Waals surface area contributed by atoms with E-state index in [4.69, 9.17) is 4.74 Å². The third-order valence-corrected chi connectivity index (χ3v) is 4.51. The molecule has 0 radical (unpaired) electrons. The lowest BCUT2D eigenvalue weighted by Crippen LogP contribution is -2.36. The van der Waals surface area contributed by atoms with E-state index in [0.29, 0.717) is 17.2 Å². The lowest BCUT2D eigenvalue weighted by Gasteiger charge is -2.21. The highest BCUT2D eigenvalue weighted by Crippen LogP contribution is 2.22. The predicted molar refractivity (Wildman–Crippen MR) is 111 cm³/mol. The Morgan fingerprint density at radius 3 is 2.38 bits per heavy atom. The van der Waals surface area contributed by atoms with Crippen LogP contribution >= 0.6 is 0 Å². The molecular weight excluding hydrogens is 368 g/mol. The fraction of sp³-hybridized carbons (Fsp3) is 0.273. The van der Waals surface area contributed by atoms with Crippen LogP contribution < -0.4 is 10.6 Å². The molecule has 1 amide bonds. The first-order valence-electron chi connectivity index (χ1n) is 9.43. The molecule has 2 N–H and O–H groups in total. The van der Waals surface area contributed by atoms with Gasteiger partial charge in [0, 0.05) is 10.9 Å². The van der Waals surface area contributed by atoms with Gasteiger partial charge in [0.1, 0.15) is 11.9 Å². The summed E-state index contributed by atoms with van der Waals surface area (Å²) in [6.45, 7) is 4.02. The molecule has 0 aliphatic rings. The Hall–Kier alpha value is -3.48. The van der Waals surface area contributed by atoms with Gasteiger partial charge in [-0.2, -0.15) is 0 Å². The zero-order valence-electron chi connectivity index (χ0n) is 16.7. The third-order valence-electron chi connectivity index (χ3n) is 4.51. The molecule has 0 fully saturated rings. The van der Waals surface area contributed by atoms with Gasteiger partial charge in [0.05, 0.1) is 19.2 Å². The van der Waals surface area contributed by atoms with E-state index in [0.717, 1.165) is 10.9 Å². The Labute approximate surface area is 169 Å². The number of hydrogen-bond acceptors (Lipinski definition) is 6. The van der Waals surface area contributed by atoms with Crippen molar-refractivity contribution in [2.45, 2.75) is 26.4 Å². The zero-order valence-corrected chi connectivity index (χ0v) is 16.7. The van der Waals surface area contributed by atoms with Gasteiger partial charge < -0.3 is 15.4 Å². The van der Waals surface area contributed by atoms with Crippen molar-refractivity contribution in [1.29, 1.82) is 0 Å². The van der Waals surface area contributed by atoms with Gasteiger partial charge >= 0.3 is 5.97 Å². The van der Waals surface area contributed by atoms with Crippen LogP contribution in [0.1, 0.15) is 30.0 Å². The van der Waals surface area contributed by atoms with E-state index in [2.05, 4.69) is 20.6 Å². The van der Waals surface area contributed by atoms with Gasteiger partial charge in [-0.15, -0.1) is 0 Å². The van der Waals surface area contributed by atoms with Crippen LogP contribution in [0, 0.1) is 5.92 Å². The van der Waals surface area contributed by atoms with E-state index in [9.17, 15) is 9.59 Å². The van der Waals surface area contributed by atoms with Crippen LogP contribution in [0.25, 0.3) is 10.9 Å². The summed E-state index contributed by atoms with van der Waals surface area (Å²) >= 11 is 0. The van der Waals surface area contributed by atoms with Crippen molar-refractivity contribution in [3.8, 4) is 0 Å². The zero-order chi connectivity index (χ0) is 20.8. The number of ether oxygens (including phenoxy) is 1. The first-order chi connectivity index (χ1) is 14.0. The number of hydrogen-bond donors (Lipinski definition) is 2. The van der Waals surface area contributed by atoms with Crippen molar-refractivity contribution < 1.29 is 14.3 Å². The molecule has 0 unspecified atom stereocenters. The molecule has 3 rings (SSSR count). The number of rotatable bonds is 7. The van der Waals surface area contributed by atoms with Gasteiger partial charge in [-0.05, 0) is 30.2 Å². The fourth-order valence-corrected chi connectivity index (χ4v) is 2.94. The Bertz CT molecular complexity index is 1010. The highest BCUT2D eigenvalue weighted by atomic mass is 16.5. The molecule has 3 aromatic rings. The summed E-state index contributed by atoms with van der Waals surface area (Å²) < 4.78 is 4.91. The minimum absolute atomic E-state index is 0.00240. The van der Waals surface area contributed by atoms with Gasteiger partial charge in [-0.3, -0.25) is 4.79 Å². The summed E-state index contributed by atoms with van der Waals surface area (Å²) in [7, 11) is 1.36. The second-order valence-electron chi connectivity index (χ2n) is 6.94. The van der Waals surface area contributed by atoms with Crippen LogP contribution in [-0.4, -0.2) is 35.0 Å². The molecule has 7 heteroatoms. The Morgan fingerprint density at radius 1 is 1.00 bits per heavy atom. The van der Waals surface area contributed by atoms with E-state index in [1.807, 2.05) is 56.3 Å². The van der Waals surface area contributed by atoms with Crippen LogP contribution in [0.15, 0.2) is 54.6 Å². The molecule has 1 aromatic heterocycles. The molecule has 150 valence electrons. The number of carbonyl (C=O) groups excluding carboxylic acids is 2. The number of aromatic nitrogens is 2. The maximum Gasteiger partial charge on any atom is 0.328 e. The summed E-state index contributed by atoms with van der Waals surface area (Å²) in [4.78, 5) is 33.6. The Kier molecular flexibility index (Phi) is 6.39. The standard InChI is InChI=1S/C22H24N4O3/c1-14(2)19(22(28)29-3)26-20-16-11-7-8-12-17(16)24-18(25-20)13-23-21(27)15-9-5-4-6-10-15/h4-12,14,19H,13H2,1-3H3,(H,23,27)(H,24,25,26)/t19-/m0/s1. The van der Waals surface area contributed by atoms with E-state index in [1.165, 1.54) is 7.11 Å². The molecular formula is C22H24N4O3. The monoisotopic (exact) mass is 392 g/mol. The highest BCUT2D eigenvalue weighted by Gasteiger charge is 2.24. The van der Waals surface area contributed by atoms with Crippen LogP contribution in [-0.2, 0) is 16.1 Å². The number of benzene rings is 2. The van der Waals surface area contributed by atoms with Crippen molar-refractivity contribution in [3.05, 3.63) is 66.0 Å². The van der Waals surface area contributed by atoms with Crippen molar-refractivity contribution in [1.82, 2.24) is 15.3 Å². The summed E-state index contributed by atoms with van der Waals surface area (Å²) in [5.41, 5.74) is 1.29. The van der Waals surface area contributed by atoms with E-state index < -0.39 is 6.04 Å². The lowest BCUT2D eigenvalue weighted by molar-refractivity contribution is -0.142. The van der Waals surface area contributed by atoms with Crippen LogP contribution in [0.2, 0.25) is 0 Å². The average molecular weight is 392 g/mol. The number of fused-ring (bicyclic) bond motifs is 1. The maximum absolute atomic E-state index is 12.3. The molecule has 0 saturated carbocycles. The smallest absolute Gasteiger partial charge is 0.328 e. The van der Waals surface area contributed by atoms with Crippen LogP contribution in [0.4, 0.5) is 5.82 Å². The van der Waals surface area contributed by atoms with Crippen molar-refractivity contribution >= 4 is 28.6 Å². The van der Waals surface area contributed by atoms with Crippen molar-refractivity contribution in [3.63, 3.8) is 0 Å². The minimum atomic E-state index is -0.551. The van der Waals surface area contributed by atoms with E-state index in [1.54, 1.807) is 12.1 Å². The fourth-order valence-electron chi connectivity index (χ4n) is 2.94. The molecule has 1 heterocycles. The Balaban J connectivity index is 1.87. The summed E-state index contributed by atoms with van der Waals surface area (Å²) in [6.07, 6.45) is 0. The second-order valence-corrected chi connectivity index (χ2v) is 6.94. The van der Waals surface area contributed by atoms with Crippen molar-refractivity contribution in [2.24, 2.45) is 5.92 Å². The molecule has 0 saturated heterocycles. The average Bonchev–Trinajstić information content (AvgIpc) is 2.75. The number of methoxy groups -OCH3 is 1. The molecule has 29 heavy (non-hydrogen) atoms. The number of carbonyl (C=O) groups is 2. The SMILES string of the molecule is COC(=O)[C@@H](Nc1nc(CNC(=O)c2ccccc2)nc2ccccc12)C(C)C. The molecule has 0 aliphatic carbocycles. The third kappa shape index (κ3) is 4.87. The molecule has 1 atom stereocenters. The first kappa shape index (κ1) is 20.3. The minimum Gasteiger partial charge on any atom is -0.467 e. The molecule has 7 nitrogen and oxygen atoms in total. The number of nitrogens with one attached hydrogen (secondary N) is 2. The number of anilines is 1. The second kappa shape index (κ2) is 9.14. The summed E-state index contributed by atoms with van der Waals surface area (Å²) in [5, 5.41) is 6.82. The van der Waals surface area contributed by atoms with Gasteiger partial charge in [0.2, 0.25) is 0 Å². The normalized spacial score (nSPS) is 11.9. The van der Waals surface area contributed by atoms with Gasteiger partial charge in [0.15, 0.2) is 5.82 Å². The lowest BCUT2D eigenvalue weighted by atomic mass is 10.0. The number of esters is 1. The highest BCUT2D eigenvalue weighted by molar-refractivity contribution is 5.94. The van der Waals surface area contributed by atoms with Crippen LogP contribution in [0.5, 0.6) is 0 Å². The quantitative estimate of drug-likeness (QED) is 0.600. The molecule has 0 bridgehead atoms. The first-order valence-corrected chi connectivity index (χ1v) is 9.43.